The molecule has 1 saturated heterocycles. The third-order valence-corrected chi connectivity index (χ3v) is 2.89. The number of esters is 1. The zero-order chi connectivity index (χ0) is 14.3. The number of likely N-dealkylation sites (N-methyl/N-ethyl adjacent to an activating group) is 1. The molecule has 19 heavy (non-hydrogen) atoms. The number of carbonyl (C=O) groups excluding carboxylic acids is 3. The zero-order valence-electron chi connectivity index (χ0n) is 11.4. The minimum atomic E-state index is -0.629. The zero-order valence-corrected chi connectivity index (χ0v) is 11.4. The predicted molar refractivity (Wildman–Crippen MR) is 68.3 cm³/mol. The van der Waals surface area contributed by atoms with Crippen LogP contribution in [0.2, 0.25) is 0 Å². The molecular weight excluding hydrogens is 250 g/mol. The second-order valence-corrected chi connectivity index (χ2v) is 4.38. The van der Waals surface area contributed by atoms with Crippen molar-refractivity contribution in [1.29, 1.82) is 0 Å². The van der Waals surface area contributed by atoms with E-state index < -0.39 is 12.0 Å². The third kappa shape index (κ3) is 4.86. The summed E-state index contributed by atoms with van der Waals surface area (Å²) in [6.45, 7) is 3.39. The molecule has 1 aliphatic rings. The normalized spacial score (nSPS) is 19.7. The lowest BCUT2D eigenvalue weighted by molar-refractivity contribution is -0.149. The summed E-state index contributed by atoms with van der Waals surface area (Å²) >= 11 is 0. The number of hydrogen-bond acceptors (Lipinski definition) is 5. The monoisotopic (exact) mass is 271 g/mol. The lowest BCUT2D eigenvalue weighted by atomic mass is 10.1. The Bertz CT molecular complexity index is 346. The number of hydrogen-bond donors (Lipinski definition) is 2. The molecule has 0 bridgehead atoms. The van der Waals surface area contributed by atoms with Crippen molar-refractivity contribution in [2.24, 2.45) is 0 Å². The van der Waals surface area contributed by atoms with E-state index in [1.165, 1.54) is 7.05 Å². The van der Waals surface area contributed by atoms with Crippen LogP contribution in [0.3, 0.4) is 0 Å². The van der Waals surface area contributed by atoms with E-state index in [-0.39, 0.29) is 24.8 Å². The van der Waals surface area contributed by atoms with Crippen LogP contribution in [0.25, 0.3) is 0 Å². The molecule has 0 aromatic carbocycles. The van der Waals surface area contributed by atoms with E-state index in [0.29, 0.717) is 19.7 Å². The molecule has 7 heteroatoms. The number of piperazine rings is 1. The number of amides is 2. The molecule has 1 aliphatic heterocycles. The van der Waals surface area contributed by atoms with E-state index in [1.807, 2.05) is 6.92 Å². The summed E-state index contributed by atoms with van der Waals surface area (Å²) in [6.07, 6.45) is 0.716. The van der Waals surface area contributed by atoms with Crippen molar-refractivity contribution in [3.8, 4) is 0 Å². The Kier molecular flexibility index (Phi) is 6.27. The van der Waals surface area contributed by atoms with Crippen LogP contribution >= 0.6 is 0 Å². The highest BCUT2D eigenvalue weighted by Gasteiger charge is 2.32. The molecule has 0 aliphatic carbocycles. The quantitative estimate of drug-likeness (QED) is 0.597. The number of rotatable bonds is 6. The van der Waals surface area contributed by atoms with Gasteiger partial charge in [0.05, 0.1) is 19.6 Å². The minimum absolute atomic E-state index is 0.0250. The van der Waals surface area contributed by atoms with Gasteiger partial charge >= 0.3 is 5.97 Å². The van der Waals surface area contributed by atoms with Crippen LogP contribution in [0.15, 0.2) is 0 Å². The van der Waals surface area contributed by atoms with E-state index >= 15 is 0 Å². The second-order valence-electron chi connectivity index (χ2n) is 4.38. The molecule has 1 atom stereocenters. The van der Waals surface area contributed by atoms with Gasteiger partial charge in [-0.05, 0) is 6.42 Å². The van der Waals surface area contributed by atoms with Crippen LogP contribution < -0.4 is 10.6 Å². The average molecular weight is 271 g/mol. The Morgan fingerprint density at radius 3 is 2.89 bits per heavy atom. The van der Waals surface area contributed by atoms with E-state index in [1.54, 1.807) is 4.90 Å². The van der Waals surface area contributed by atoms with Gasteiger partial charge in [0.15, 0.2) is 0 Å². The lowest BCUT2D eigenvalue weighted by Gasteiger charge is -2.33. The molecule has 0 saturated carbocycles. The molecule has 1 fully saturated rings. The molecule has 108 valence electrons. The number of nitrogens with zero attached hydrogens (tertiary/aromatic N) is 1. The summed E-state index contributed by atoms with van der Waals surface area (Å²) in [5, 5.41) is 5.20. The molecular formula is C12H21N3O4. The van der Waals surface area contributed by atoms with Crippen molar-refractivity contribution in [2.45, 2.75) is 25.8 Å². The smallest absolute Gasteiger partial charge is 0.307 e. The van der Waals surface area contributed by atoms with Crippen molar-refractivity contribution < 1.29 is 19.1 Å². The fourth-order valence-electron chi connectivity index (χ4n) is 1.87. The van der Waals surface area contributed by atoms with E-state index in [4.69, 9.17) is 4.74 Å². The fourth-order valence-corrected chi connectivity index (χ4v) is 1.87. The first-order valence-corrected chi connectivity index (χ1v) is 6.46. The Balaban J connectivity index is 2.59. The average Bonchev–Trinajstić information content (AvgIpc) is 2.40. The van der Waals surface area contributed by atoms with Crippen molar-refractivity contribution >= 4 is 17.8 Å². The molecule has 0 aromatic heterocycles. The molecule has 2 N–H and O–H groups in total. The Morgan fingerprint density at radius 1 is 1.53 bits per heavy atom. The standard InChI is InChI=1S/C12H21N3O4/c1-3-6-19-11(17)7-9-12(18)14-4-5-15(9)8-10(16)13-2/h9H,3-8H2,1-2H3,(H,13,16)(H,14,18). The molecule has 0 radical (unpaired) electrons. The molecule has 1 rings (SSSR count). The summed E-state index contributed by atoms with van der Waals surface area (Å²) in [4.78, 5) is 36.5. The molecule has 1 heterocycles. The first-order chi connectivity index (χ1) is 9.08. The van der Waals surface area contributed by atoms with Gasteiger partial charge < -0.3 is 15.4 Å². The van der Waals surface area contributed by atoms with Gasteiger partial charge in [-0.3, -0.25) is 19.3 Å². The minimum Gasteiger partial charge on any atom is -0.466 e. The largest absolute Gasteiger partial charge is 0.466 e. The highest BCUT2D eigenvalue weighted by atomic mass is 16.5. The topological polar surface area (TPSA) is 87.7 Å². The highest BCUT2D eigenvalue weighted by molar-refractivity contribution is 5.88. The summed E-state index contributed by atoms with van der Waals surface area (Å²) in [5.41, 5.74) is 0. The summed E-state index contributed by atoms with van der Waals surface area (Å²) in [5.74, 6) is -0.823. The van der Waals surface area contributed by atoms with Crippen molar-refractivity contribution in [3.63, 3.8) is 0 Å². The van der Waals surface area contributed by atoms with Gasteiger partial charge in [-0.25, -0.2) is 0 Å². The van der Waals surface area contributed by atoms with Crippen LogP contribution in [0.4, 0.5) is 0 Å². The van der Waals surface area contributed by atoms with Gasteiger partial charge in [-0.2, -0.15) is 0 Å². The maximum absolute atomic E-state index is 11.8. The SMILES string of the molecule is CCCOC(=O)CC1C(=O)NCCN1CC(=O)NC. The van der Waals surface area contributed by atoms with Crippen LogP contribution in [-0.4, -0.2) is 62.0 Å². The number of carbonyl (C=O) groups is 3. The van der Waals surface area contributed by atoms with Crippen LogP contribution in [0.1, 0.15) is 19.8 Å². The maximum atomic E-state index is 11.8. The Morgan fingerprint density at radius 2 is 2.26 bits per heavy atom. The van der Waals surface area contributed by atoms with Gasteiger partial charge in [0.2, 0.25) is 11.8 Å². The third-order valence-electron chi connectivity index (χ3n) is 2.89. The molecule has 2 amide bonds. The van der Waals surface area contributed by atoms with Gasteiger partial charge in [0, 0.05) is 20.1 Å². The summed E-state index contributed by atoms with van der Waals surface area (Å²) in [6, 6.07) is -0.629. The van der Waals surface area contributed by atoms with Crippen LogP contribution in [-0.2, 0) is 19.1 Å². The lowest BCUT2D eigenvalue weighted by Crippen LogP contribution is -2.57. The molecule has 1 unspecified atom stereocenters. The second kappa shape index (κ2) is 7.73. The summed E-state index contributed by atoms with van der Waals surface area (Å²) < 4.78 is 4.98. The van der Waals surface area contributed by atoms with E-state index in [9.17, 15) is 14.4 Å². The van der Waals surface area contributed by atoms with Gasteiger partial charge in [-0.15, -0.1) is 0 Å². The predicted octanol–water partition coefficient (Wildman–Crippen LogP) is -1.12. The first-order valence-electron chi connectivity index (χ1n) is 6.46. The van der Waals surface area contributed by atoms with Crippen molar-refractivity contribution in [3.05, 3.63) is 0 Å². The van der Waals surface area contributed by atoms with Gasteiger partial charge in [0.25, 0.3) is 0 Å². The molecule has 0 aromatic rings. The fraction of sp³-hybridized carbons (Fsp3) is 0.750. The van der Waals surface area contributed by atoms with E-state index in [2.05, 4.69) is 10.6 Å². The number of nitrogens with one attached hydrogen (secondary N) is 2. The molecule has 0 spiro atoms. The van der Waals surface area contributed by atoms with Gasteiger partial charge in [0.1, 0.15) is 6.04 Å². The maximum Gasteiger partial charge on any atom is 0.307 e. The van der Waals surface area contributed by atoms with Gasteiger partial charge in [-0.1, -0.05) is 6.92 Å². The molecule has 7 nitrogen and oxygen atoms in total. The van der Waals surface area contributed by atoms with Crippen molar-refractivity contribution in [2.75, 3.05) is 33.3 Å². The van der Waals surface area contributed by atoms with E-state index in [0.717, 1.165) is 6.42 Å². The highest BCUT2D eigenvalue weighted by Crippen LogP contribution is 2.09. The van der Waals surface area contributed by atoms with Crippen molar-refractivity contribution in [1.82, 2.24) is 15.5 Å². The Labute approximate surface area is 112 Å². The van der Waals surface area contributed by atoms with Crippen LogP contribution in [0.5, 0.6) is 0 Å². The first kappa shape index (κ1) is 15.4. The number of ether oxygens (including phenoxy) is 1. The Hall–Kier alpha value is -1.63. The van der Waals surface area contributed by atoms with Crippen LogP contribution in [0, 0.1) is 0 Å². The summed E-state index contributed by atoms with van der Waals surface area (Å²) in [7, 11) is 1.54.